The molecule has 1 heteroatoms. The van der Waals surface area contributed by atoms with Crippen LogP contribution in [0.25, 0.3) is 0 Å². The molecule has 92 valence electrons. The molecule has 0 spiro atoms. The van der Waals surface area contributed by atoms with Crippen LogP contribution in [-0.2, 0) is 0 Å². The molecule has 0 bridgehead atoms. The van der Waals surface area contributed by atoms with E-state index in [1.807, 2.05) is 0 Å². The maximum Gasteiger partial charge on any atom is 0.00879 e. The maximum absolute atomic E-state index is 3.75. The first-order valence-electron chi connectivity index (χ1n) is 6.73. The minimum absolute atomic E-state index is 0.576. The van der Waals surface area contributed by atoms with Crippen molar-refractivity contribution < 1.29 is 0 Å². The van der Waals surface area contributed by atoms with E-state index in [4.69, 9.17) is 0 Å². The molecular formula is C14H29Br. The summed E-state index contributed by atoms with van der Waals surface area (Å²) in [5.74, 6) is 0.930. The molecule has 0 aromatic carbocycles. The predicted octanol–water partition coefficient (Wildman–Crippen LogP) is 5.79. The molecule has 0 radical (unpaired) electrons. The van der Waals surface area contributed by atoms with Gasteiger partial charge in [0.25, 0.3) is 0 Å². The molecule has 1 atom stereocenters. The highest BCUT2D eigenvalue weighted by Crippen LogP contribution is 2.39. The number of alkyl halides is 1. The lowest BCUT2D eigenvalue weighted by atomic mass is 9.74. The first-order valence-corrected chi connectivity index (χ1v) is 7.86. The Labute approximate surface area is 105 Å². The van der Waals surface area contributed by atoms with E-state index < -0.39 is 0 Å². The lowest BCUT2D eigenvalue weighted by Gasteiger charge is -2.34. The van der Waals surface area contributed by atoms with Gasteiger partial charge in [-0.1, -0.05) is 69.3 Å². The second kappa shape index (κ2) is 8.61. The highest BCUT2D eigenvalue weighted by Gasteiger charge is 2.28. The number of rotatable bonds is 9. The summed E-state index contributed by atoms with van der Waals surface area (Å²) in [4.78, 5) is 0. The predicted molar refractivity (Wildman–Crippen MR) is 74.7 cm³/mol. The van der Waals surface area contributed by atoms with Crippen molar-refractivity contribution >= 4 is 15.9 Å². The number of halogens is 1. The molecule has 0 saturated heterocycles. The van der Waals surface area contributed by atoms with Gasteiger partial charge in [-0.2, -0.15) is 0 Å². The van der Waals surface area contributed by atoms with Crippen molar-refractivity contribution in [2.75, 3.05) is 5.33 Å². The molecular weight excluding hydrogens is 248 g/mol. The van der Waals surface area contributed by atoms with Gasteiger partial charge in [-0.15, -0.1) is 0 Å². The Kier molecular flexibility index (Phi) is 8.89. The van der Waals surface area contributed by atoms with Gasteiger partial charge in [-0.25, -0.2) is 0 Å². The minimum atomic E-state index is 0.576. The van der Waals surface area contributed by atoms with E-state index in [2.05, 4.69) is 43.6 Å². The summed E-state index contributed by atoms with van der Waals surface area (Å²) in [5.41, 5.74) is 0.576. The summed E-state index contributed by atoms with van der Waals surface area (Å²) < 4.78 is 0. The summed E-state index contributed by atoms with van der Waals surface area (Å²) in [5, 5.41) is 1.19. The largest absolute Gasteiger partial charge is 0.0922 e. The highest BCUT2D eigenvalue weighted by molar-refractivity contribution is 9.09. The fourth-order valence-corrected chi connectivity index (χ4v) is 3.29. The Morgan fingerprint density at radius 2 is 1.67 bits per heavy atom. The fraction of sp³-hybridized carbons (Fsp3) is 1.00. The molecule has 0 aliphatic carbocycles. The molecule has 0 aromatic rings. The number of hydrogen-bond acceptors (Lipinski definition) is 0. The van der Waals surface area contributed by atoms with E-state index in [0.29, 0.717) is 5.41 Å². The van der Waals surface area contributed by atoms with E-state index in [9.17, 15) is 0 Å². The van der Waals surface area contributed by atoms with Gasteiger partial charge < -0.3 is 0 Å². The second-order valence-corrected chi connectivity index (χ2v) is 5.54. The first-order chi connectivity index (χ1) is 7.17. The molecule has 0 aliphatic heterocycles. The molecule has 1 unspecified atom stereocenters. The minimum Gasteiger partial charge on any atom is -0.0922 e. The van der Waals surface area contributed by atoms with E-state index in [1.165, 1.54) is 50.3 Å². The smallest absolute Gasteiger partial charge is 0.00879 e. The van der Waals surface area contributed by atoms with Crippen LogP contribution in [0.15, 0.2) is 0 Å². The summed E-state index contributed by atoms with van der Waals surface area (Å²) in [6.45, 7) is 9.33. The van der Waals surface area contributed by atoms with Crippen molar-refractivity contribution in [1.82, 2.24) is 0 Å². The highest BCUT2D eigenvalue weighted by atomic mass is 79.9. The average molecular weight is 277 g/mol. The Hall–Kier alpha value is 0.480. The van der Waals surface area contributed by atoms with Gasteiger partial charge in [0, 0.05) is 5.33 Å². The Morgan fingerprint density at radius 1 is 1.07 bits per heavy atom. The normalized spacial score (nSPS) is 15.6. The molecule has 0 rings (SSSR count). The van der Waals surface area contributed by atoms with Crippen LogP contribution in [0.2, 0.25) is 0 Å². The molecule has 0 aliphatic rings. The third kappa shape index (κ3) is 5.38. The SMILES string of the molecule is CCCCC(CC)(CBr)CC(CC)CC. The summed E-state index contributed by atoms with van der Waals surface area (Å²) in [7, 11) is 0. The van der Waals surface area contributed by atoms with Crippen molar-refractivity contribution in [2.24, 2.45) is 11.3 Å². The Morgan fingerprint density at radius 3 is 2.00 bits per heavy atom. The standard InChI is InChI=1S/C14H29Br/c1-5-9-10-14(8-4,12-15)11-13(6-2)7-3/h13H,5-12H2,1-4H3. The van der Waals surface area contributed by atoms with Gasteiger partial charge in [0.2, 0.25) is 0 Å². The van der Waals surface area contributed by atoms with Crippen molar-refractivity contribution in [2.45, 2.75) is 72.6 Å². The Balaban J connectivity index is 4.32. The fourth-order valence-electron chi connectivity index (χ4n) is 2.38. The van der Waals surface area contributed by atoms with Gasteiger partial charge in [0.05, 0.1) is 0 Å². The van der Waals surface area contributed by atoms with Crippen molar-refractivity contribution in [3.8, 4) is 0 Å². The van der Waals surface area contributed by atoms with Crippen molar-refractivity contribution in [3.63, 3.8) is 0 Å². The molecule has 0 amide bonds. The van der Waals surface area contributed by atoms with Gasteiger partial charge in [-0.3, -0.25) is 0 Å². The van der Waals surface area contributed by atoms with Crippen LogP contribution < -0.4 is 0 Å². The van der Waals surface area contributed by atoms with E-state index in [1.54, 1.807) is 0 Å². The third-order valence-corrected chi connectivity index (χ3v) is 5.16. The monoisotopic (exact) mass is 276 g/mol. The first kappa shape index (κ1) is 15.5. The van der Waals surface area contributed by atoms with Gasteiger partial charge >= 0.3 is 0 Å². The molecule has 0 saturated carbocycles. The summed E-state index contributed by atoms with van der Waals surface area (Å²) in [6, 6.07) is 0. The maximum atomic E-state index is 3.75. The van der Waals surface area contributed by atoms with Gasteiger partial charge in [0.1, 0.15) is 0 Å². The van der Waals surface area contributed by atoms with E-state index >= 15 is 0 Å². The zero-order valence-electron chi connectivity index (χ0n) is 11.1. The van der Waals surface area contributed by atoms with Crippen molar-refractivity contribution in [1.29, 1.82) is 0 Å². The van der Waals surface area contributed by atoms with E-state index in [0.717, 1.165) is 5.92 Å². The molecule has 0 nitrogen and oxygen atoms in total. The second-order valence-electron chi connectivity index (χ2n) is 4.98. The summed E-state index contributed by atoms with van der Waals surface area (Å²) >= 11 is 3.75. The van der Waals surface area contributed by atoms with E-state index in [-0.39, 0.29) is 0 Å². The quantitative estimate of drug-likeness (QED) is 0.468. The molecule has 0 heterocycles. The van der Waals surface area contributed by atoms with Crippen molar-refractivity contribution in [3.05, 3.63) is 0 Å². The topological polar surface area (TPSA) is 0 Å². The Bertz CT molecular complexity index is 134. The number of hydrogen-bond donors (Lipinski definition) is 0. The van der Waals surface area contributed by atoms with Crippen LogP contribution in [0.4, 0.5) is 0 Å². The van der Waals surface area contributed by atoms with Crippen LogP contribution in [-0.4, -0.2) is 5.33 Å². The molecule has 0 fully saturated rings. The average Bonchev–Trinajstić information content (AvgIpc) is 2.30. The third-order valence-electron chi connectivity index (χ3n) is 3.97. The molecule has 15 heavy (non-hydrogen) atoms. The van der Waals surface area contributed by atoms with Crippen LogP contribution in [0.1, 0.15) is 72.6 Å². The van der Waals surface area contributed by atoms with Gasteiger partial charge in [0.15, 0.2) is 0 Å². The van der Waals surface area contributed by atoms with Crippen LogP contribution in [0.5, 0.6) is 0 Å². The number of unbranched alkanes of at least 4 members (excludes halogenated alkanes) is 1. The molecule has 0 N–H and O–H groups in total. The lowest BCUT2D eigenvalue weighted by Crippen LogP contribution is -2.25. The van der Waals surface area contributed by atoms with Crippen LogP contribution in [0.3, 0.4) is 0 Å². The summed E-state index contributed by atoms with van der Waals surface area (Å²) in [6.07, 6.45) is 9.56. The zero-order chi connectivity index (χ0) is 11.7. The van der Waals surface area contributed by atoms with Gasteiger partial charge in [-0.05, 0) is 30.6 Å². The zero-order valence-corrected chi connectivity index (χ0v) is 12.7. The van der Waals surface area contributed by atoms with Crippen LogP contribution >= 0.6 is 15.9 Å². The van der Waals surface area contributed by atoms with Crippen LogP contribution in [0, 0.1) is 11.3 Å². The lowest BCUT2D eigenvalue weighted by molar-refractivity contribution is 0.208. The molecule has 0 aromatic heterocycles.